The van der Waals surface area contributed by atoms with E-state index in [1.54, 1.807) is 10.8 Å². The van der Waals surface area contributed by atoms with Crippen LogP contribution in [0.3, 0.4) is 0 Å². The number of carbonyl (C=O) groups excluding carboxylic acids is 1. The van der Waals surface area contributed by atoms with Crippen LogP contribution < -0.4 is 9.47 Å². The molecule has 10 nitrogen and oxygen atoms in total. The van der Waals surface area contributed by atoms with Crippen LogP contribution in [0.15, 0.2) is 35.7 Å². The average Bonchev–Trinajstić information content (AvgIpc) is 3.54. The van der Waals surface area contributed by atoms with Gasteiger partial charge >= 0.3 is 0 Å². The number of carbonyl (C=O) groups is 1. The normalized spacial score (nSPS) is 21.7. The van der Waals surface area contributed by atoms with Gasteiger partial charge in [-0.15, -0.1) is 0 Å². The number of sulfonamides is 1. The number of imidazole rings is 1. The number of ether oxygens (including phenoxy) is 2. The first-order valence-corrected chi connectivity index (χ1v) is 13.3. The molecular formula is C23H31N5O5S. The number of benzene rings is 1. The van der Waals surface area contributed by atoms with Crippen LogP contribution >= 0.6 is 0 Å². The van der Waals surface area contributed by atoms with E-state index in [1.807, 2.05) is 30.0 Å². The molecule has 0 bridgehead atoms. The summed E-state index contributed by atoms with van der Waals surface area (Å²) in [6.07, 6.45) is 4.47. The molecule has 4 heterocycles. The summed E-state index contributed by atoms with van der Waals surface area (Å²) in [4.78, 5) is 21.5. The first-order chi connectivity index (χ1) is 16.4. The molecule has 0 spiro atoms. The Morgan fingerprint density at radius 2 is 1.91 bits per heavy atom. The second kappa shape index (κ2) is 9.55. The van der Waals surface area contributed by atoms with Crippen molar-refractivity contribution in [2.45, 2.75) is 37.9 Å². The fraction of sp³-hybridized carbons (Fsp3) is 0.565. The largest absolute Gasteiger partial charge is 0.454 e. The molecule has 0 radical (unpaired) electrons. The summed E-state index contributed by atoms with van der Waals surface area (Å²) in [6, 6.07) is 6.00. The summed E-state index contributed by atoms with van der Waals surface area (Å²) in [5.74, 6) is 1.31. The minimum Gasteiger partial charge on any atom is -0.454 e. The molecule has 1 aromatic carbocycles. The molecule has 0 N–H and O–H groups in total. The number of rotatable bonds is 6. The minimum absolute atomic E-state index is 0.0552. The molecule has 1 atom stereocenters. The fourth-order valence-electron chi connectivity index (χ4n) is 4.82. The van der Waals surface area contributed by atoms with Gasteiger partial charge in [-0.05, 0) is 37.5 Å². The molecule has 184 valence electrons. The van der Waals surface area contributed by atoms with Crippen molar-refractivity contribution in [3.8, 4) is 11.5 Å². The van der Waals surface area contributed by atoms with E-state index in [1.165, 1.54) is 10.6 Å². The second-order valence-corrected chi connectivity index (χ2v) is 10.9. The number of piperidine rings is 1. The Labute approximate surface area is 200 Å². The van der Waals surface area contributed by atoms with Crippen LogP contribution in [0.25, 0.3) is 0 Å². The van der Waals surface area contributed by atoms with E-state index in [2.05, 4.69) is 9.88 Å². The number of nitrogens with zero attached hydrogens (tertiary/aromatic N) is 5. The third-order valence-corrected chi connectivity index (χ3v) is 8.59. The molecule has 2 saturated heterocycles. The monoisotopic (exact) mass is 489 g/mol. The maximum absolute atomic E-state index is 13.2. The van der Waals surface area contributed by atoms with Crippen LogP contribution in [0.4, 0.5) is 0 Å². The highest BCUT2D eigenvalue weighted by Crippen LogP contribution is 2.33. The summed E-state index contributed by atoms with van der Waals surface area (Å²) in [5, 5.41) is 0.0552. The highest BCUT2D eigenvalue weighted by atomic mass is 32.2. The Hall–Kier alpha value is -2.63. The SMILES string of the molecule is CCn1cnc(S(=O)(=O)N2CCC[C@H](C(=O)N3CCN(Cc4ccc5c(c4)OCO5)CC3)C2)c1. The second-order valence-electron chi connectivity index (χ2n) is 9.03. The maximum Gasteiger partial charge on any atom is 0.262 e. The molecule has 2 fully saturated rings. The summed E-state index contributed by atoms with van der Waals surface area (Å²) in [5.41, 5.74) is 1.16. The van der Waals surface area contributed by atoms with Gasteiger partial charge in [0, 0.05) is 58.6 Å². The molecule has 3 aliphatic rings. The van der Waals surface area contributed by atoms with E-state index in [4.69, 9.17) is 9.47 Å². The van der Waals surface area contributed by atoms with Gasteiger partial charge in [-0.2, -0.15) is 4.31 Å². The van der Waals surface area contributed by atoms with Crippen LogP contribution in [0.2, 0.25) is 0 Å². The Morgan fingerprint density at radius 1 is 1.12 bits per heavy atom. The zero-order chi connectivity index (χ0) is 23.7. The van der Waals surface area contributed by atoms with Crippen LogP contribution in [-0.4, -0.2) is 84.0 Å². The van der Waals surface area contributed by atoms with Crippen molar-refractivity contribution in [1.82, 2.24) is 23.7 Å². The average molecular weight is 490 g/mol. The van der Waals surface area contributed by atoms with E-state index >= 15 is 0 Å². The van der Waals surface area contributed by atoms with E-state index in [-0.39, 0.29) is 30.2 Å². The van der Waals surface area contributed by atoms with Gasteiger partial charge in [0.1, 0.15) is 0 Å². The number of aromatic nitrogens is 2. The number of hydrogen-bond acceptors (Lipinski definition) is 7. The summed E-state index contributed by atoms with van der Waals surface area (Å²) < 4.78 is 40.1. The summed E-state index contributed by atoms with van der Waals surface area (Å²) >= 11 is 0. The van der Waals surface area contributed by atoms with Gasteiger partial charge in [-0.3, -0.25) is 9.69 Å². The molecule has 1 aromatic heterocycles. The molecule has 34 heavy (non-hydrogen) atoms. The highest BCUT2D eigenvalue weighted by Gasteiger charge is 2.36. The van der Waals surface area contributed by atoms with E-state index in [0.717, 1.165) is 36.7 Å². The minimum atomic E-state index is -3.69. The zero-order valence-corrected chi connectivity index (χ0v) is 20.2. The number of aryl methyl sites for hydroxylation is 1. The smallest absolute Gasteiger partial charge is 0.262 e. The Kier molecular flexibility index (Phi) is 6.50. The molecular weight excluding hydrogens is 458 g/mol. The third kappa shape index (κ3) is 4.64. The number of piperazine rings is 1. The molecule has 11 heteroatoms. The maximum atomic E-state index is 13.2. The first-order valence-electron chi connectivity index (χ1n) is 11.9. The van der Waals surface area contributed by atoms with Crippen molar-refractivity contribution in [2.24, 2.45) is 5.92 Å². The van der Waals surface area contributed by atoms with Crippen molar-refractivity contribution < 1.29 is 22.7 Å². The lowest BCUT2D eigenvalue weighted by atomic mass is 9.97. The van der Waals surface area contributed by atoms with E-state index in [0.29, 0.717) is 39.0 Å². The lowest BCUT2D eigenvalue weighted by molar-refractivity contribution is -0.138. The molecule has 0 aliphatic carbocycles. The Morgan fingerprint density at radius 3 is 2.68 bits per heavy atom. The molecule has 0 saturated carbocycles. The standard InChI is InChI=1S/C23H31N5O5S/c1-2-25-15-22(24-16-25)34(30,31)28-7-3-4-19(14-28)23(29)27-10-8-26(9-11-27)13-18-5-6-20-21(12-18)33-17-32-20/h5-6,12,15-16,19H,2-4,7-11,13-14,17H2,1H3/t19-/m0/s1. The van der Waals surface area contributed by atoms with Crippen molar-refractivity contribution in [2.75, 3.05) is 46.1 Å². The highest BCUT2D eigenvalue weighted by molar-refractivity contribution is 7.89. The van der Waals surface area contributed by atoms with Gasteiger partial charge < -0.3 is 18.9 Å². The van der Waals surface area contributed by atoms with Gasteiger partial charge in [0.2, 0.25) is 12.7 Å². The van der Waals surface area contributed by atoms with Gasteiger partial charge in [0.25, 0.3) is 10.0 Å². The van der Waals surface area contributed by atoms with E-state index < -0.39 is 10.0 Å². The summed E-state index contributed by atoms with van der Waals surface area (Å²) in [6.45, 7) is 7.15. The predicted octanol–water partition coefficient (Wildman–Crippen LogP) is 1.38. The number of fused-ring (bicyclic) bond motifs is 1. The van der Waals surface area contributed by atoms with Gasteiger partial charge in [-0.25, -0.2) is 13.4 Å². The number of amides is 1. The van der Waals surface area contributed by atoms with Gasteiger partial charge in [-0.1, -0.05) is 6.07 Å². The van der Waals surface area contributed by atoms with Crippen molar-refractivity contribution >= 4 is 15.9 Å². The van der Waals surface area contributed by atoms with Crippen molar-refractivity contribution in [3.05, 3.63) is 36.3 Å². The third-order valence-electron chi connectivity index (χ3n) is 6.84. The lowest BCUT2D eigenvalue weighted by Gasteiger charge is -2.38. The molecule has 1 amide bonds. The van der Waals surface area contributed by atoms with Crippen LogP contribution in [0, 0.1) is 5.92 Å². The zero-order valence-electron chi connectivity index (χ0n) is 19.4. The van der Waals surface area contributed by atoms with Crippen molar-refractivity contribution in [1.29, 1.82) is 0 Å². The molecule has 2 aromatic rings. The molecule has 5 rings (SSSR count). The predicted molar refractivity (Wildman–Crippen MR) is 124 cm³/mol. The topological polar surface area (TPSA) is 97.2 Å². The van der Waals surface area contributed by atoms with Crippen LogP contribution in [0.5, 0.6) is 11.5 Å². The lowest BCUT2D eigenvalue weighted by Crippen LogP contribution is -2.52. The van der Waals surface area contributed by atoms with Gasteiger partial charge in [0.05, 0.1) is 12.2 Å². The quantitative estimate of drug-likeness (QED) is 0.605. The Balaban J connectivity index is 1.16. The van der Waals surface area contributed by atoms with Crippen LogP contribution in [-0.2, 0) is 27.9 Å². The molecule has 0 unspecified atom stereocenters. The van der Waals surface area contributed by atoms with Crippen molar-refractivity contribution in [3.63, 3.8) is 0 Å². The van der Waals surface area contributed by atoms with Gasteiger partial charge in [0.15, 0.2) is 16.5 Å². The first kappa shape index (κ1) is 23.1. The molecule has 3 aliphatic heterocycles. The van der Waals surface area contributed by atoms with Crippen LogP contribution in [0.1, 0.15) is 25.3 Å². The van der Waals surface area contributed by atoms with E-state index in [9.17, 15) is 13.2 Å². The Bertz CT molecular complexity index is 1140. The summed E-state index contributed by atoms with van der Waals surface area (Å²) in [7, 11) is -3.69. The number of hydrogen-bond donors (Lipinski definition) is 0. The fourth-order valence-corrected chi connectivity index (χ4v) is 6.28.